The topological polar surface area (TPSA) is 16.3 Å². The van der Waals surface area contributed by atoms with Crippen LogP contribution in [0.4, 0.5) is 34.1 Å². The molecule has 0 saturated heterocycles. The van der Waals surface area contributed by atoms with Gasteiger partial charge in [-0.05, 0) is 313 Å². The van der Waals surface area contributed by atoms with E-state index in [1.165, 1.54) is 22.3 Å². The van der Waals surface area contributed by atoms with E-state index in [2.05, 4.69) is 244 Å². The summed E-state index contributed by atoms with van der Waals surface area (Å²) in [6.07, 6.45) is -11.3. The fraction of sp³-hybridized carbons (Fsp3) is 0.395. The van der Waals surface area contributed by atoms with E-state index < -0.39 is 82.9 Å². The molecule has 2 aliphatic heterocycles. The maximum absolute atomic E-state index is 10.8. The minimum atomic E-state index is -2.07. The number of nitrogens with zero attached hydrogens (tertiary/aromatic N) is 4. The minimum absolute atomic E-state index is 0.212. The van der Waals surface area contributed by atoms with Crippen LogP contribution in [0.2, 0.25) is 0 Å². The smallest absolute Gasteiger partial charge is 0.252 e. The molecule has 2 aliphatic rings. The summed E-state index contributed by atoms with van der Waals surface area (Å²) < 4.78 is 130. The predicted octanol–water partition coefficient (Wildman–Crippen LogP) is 34.9. The van der Waals surface area contributed by atoms with Crippen molar-refractivity contribution in [2.24, 2.45) is 37.9 Å². The predicted molar refractivity (Wildman–Crippen MR) is 588 cm³/mol. The molecule has 13 aromatic carbocycles. The van der Waals surface area contributed by atoms with E-state index in [-0.39, 0.29) is 21.7 Å². The zero-order valence-corrected chi connectivity index (χ0v) is 86.7. The number of aromatic nitrogens is 2. The lowest BCUT2D eigenvalue weighted by Crippen LogP contribution is -2.61. The summed E-state index contributed by atoms with van der Waals surface area (Å²) in [5.41, 5.74) is 19.0. The van der Waals surface area contributed by atoms with Crippen molar-refractivity contribution in [3.8, 4) is 55.9 Å². The lowest BCUT2D eigenvalue weighted by molar-refractivity contribution is 0.410. The maximum Gasteiger partial charge on any atom is 0.252 e. The molecule has 0 N–H and O–H groups in total. The molecule has 0 saturated carbocycles. The second-order valence-corrected chi connectivity index (χ2v) is 50.4. The molecule has 2 aromatic heterocycles. The Morgan fingerprint density at radius 1 is 0.231 bits per heavy atom. The fourth-order valence-corrected chi connectivity index (χ4v) is 20.4. The van der Waals surface area contributed by atoms with Crippen LogP contribution < -0.4 is 26.2 Å². The lowest BCUT2D eigenvalue weighted by Gasteiger charge is -2.46. The van der Waals surface area contributed by atoms with E-state index in [4.69, 9.17) is 0 Å². The summed E-state index contributed by atoms with van der Waals surface area (Å²) in [6.45, 7) is 68.1. The highest BCUT2D eigenvalue weighted by atomic mass is 15.2. The molecule has 0 unspecified atom stereocenters. The third kappa shape index (κ3) is 19.7. The van der Waals surface area contributed by atoms with E-state index in [1.807, 2.05) is 246 Å². The van der Waals surface area contributed by atoms with E-state index in [1.54, 1.807) is 0 Å². The van der Waals surface area contributed by atoms with Crippen molar-refractivity contribution in [3.05, 3.63) is 304 Å². The highest BCUT2D eigenvalue weighted by Gasteiger charge is 2.47. The molecule has 0 aliphatic carbocycles. The van der Waals surface area contributed by atoms with Gasteiger partial charge in [-0.25, -0.2) is 0 Å². The lowest BCUT2D eigenvalue weighted by atomic mass is 9.33. The summed E-state index contributed by atoms with van der Waals surface area (Å²) in [5.74, 6) is 0. The quantitative estimate of drug-likeness (QED) is 0.0951. The summed E-state index contributed by atoms with van der Waals surface area (Å²) in [4.78, 5) is 4.90. The molecule has 134 heavy (non-hydrogen) atoms. The van der Waals surface area contributed by atoms with Crippen molar-refractivity contribution in [1.29, 1.82) is 0 Å². The SMILES string of the molecule is [2H]C([2H])(c1cccc(-c2cc(C([2H])([2H])C(C)(C)C)cc(-c3cccc(C([2H])([2H])C(C)(C)C)c3)c2N2c3cc(-n4c5ccc(C(C)(C)C)cc5c5cc(C(C)(C)C)ccc54)ccc3B3c4ccc(-n5c6ccc(C(C)(C)C)cc6c6cc(C(C)(C)C)ccc65)cc4N(c4c(-c5cccc(C([2H])([2H])C(C)(C)C)c5)cc(C([2H])([2H])C(C)(C)C)cc4-c4cccc(C([2H])([2H])C(C)(C)C)c4)c4cc(CC(C)(C)C)cc2c43)c1)C(C)(C)C. The van der Waals surface area contributed by atoms with Crippen molar-refractivity contribution < 1.29 is 16.4 Å². The molecular formula is C129H153BN4. The zero-order valence-electron chi connectivity index (χ0n) is 98.7. The van der Waals surface area contributed by atoms with Gasteiger partial charge in [0.15, 0.2) is 0 Å². The van der Waals surface area contributed by atoms with Crippen molar-refractivity contribution in [2.75, 3.05) is 9.80 Å². The summed E-state index contributed by atoms with van der Waals surface area (Å²) in [5, 5.41) is 4.44. The molecule has 15 aromatic rings. The van der Waals surface area contributed by atoms with Gasteiger partial charge in [0.1, 0.15) is 0 Å². The van der Waals surface area contributed by atoms with Crippen LogP contribution in [0.3, 0.4) is 0 Å². The fourth-order valence-electron chi connectivity index (χ4n) is 20.4. The van der Waals surface area contributed by atoms with Crippen LogP contribution in [0.1, 0.15) is 306 Å². The first-order valence-electron chi connectivity index (χ1n) is 54.9. The Bertz CT molecular complexity index is 6980. The summed E-state index contributed by atoms with van der Waals surface area (Å²) >= 11 is 0. The number of rotatable bonds is 15. The largest absolute Gasteiger partial charge is 0.310 e. The number of benzene rings is 13. The van der Waals surface area contributed by atoms with Crippen molar-refractivity contribution >= 4 is 101 Å². The molecule has 0 amide bonds. The second-order valence-electron chi connectivity index (χ2n) is 50.4. The second kappa shape index (κ2) is 33.5. The van der Waals surface area contributed by atoms with E-state index >= 15 is 0 Å². The van der Waals surface area contributed by atoms with E-state index in [9.17, 15) is 16.4 Å². The molecule has 17 rings (SSSR count). The normalized spacial score (nSPS) is 15.8. The van der Waals surface area contributed by atoms with Gasteiger partial charge in [-0.2, -0.15) is 0 Å². The molecule has 0 radical (unpaired) electrons. The van der Waals surface area contributed by atoms with Crippen LogP contribution in [0.25, 0.3) is 99.5 Å². The van der Waals surface area contributed by atoms with Crippen LogP contribution >= 0.6 is 0 Å². The first-order valence-corrected chi connectivity index (χ1v) is 48.9. The van der Waals surface area contributed by atoms with Crippen LogP contribution in [0.5, 0.6) is 0 Å². The van der Waals surface area contributed by atoms with Crippen LogP contribution in [-0.4, -0.2) is 15.8 Å². The van der Waals surface area contributed by atoms with Gasteiger partial charge in [-0.15, -0.1) is 0 Å². The molecule has 5 heteroatoms. The highest BCUT2D eigenvalue weighted by molar-refractivity contribution is 7.00. The third-order valence-corrected chi connectivity index (χ3v) is 25.8. The Morgan fingerprint density at radius 2 is 0.485 bits per heavy atom. The number of fused-ring (bicyclic) bond motifs is 10. The van der Waals surface area contributed by atoms with Crippen LogP contribution in [-0.2, 0) is 66.3 Å². The number of hydrogen-bond acceptors (Lipinski definition) is 2. The van der Waals surface area contributed by atoms with Gasteiger partial charge in [-0.3, -0.25) is 0 Å². The van der Waals surface area contributed by atoms with Crippen molar-refractivity contribution in [3.63, 3.8) is 0 Å². The molecule has 692 valence electrons. The van der Waals surface area contributed by atoms with Crippen LogP contribution in [0, 0.1) is 37.9 Å². The number of anilines is 6. The minimum Gasteiger partial charge on any atom is -0.310 e. The molecule has 4 heterocycles. The Morgan fingerprint density at radius 3 is 0.724 bits per heavy atom. The molecular weight excluding hydrogens is 1620 g/mol. The highest BCUT2D eigenvalue weighted by Crippen LogP contribution is 2.57. The monoisotopic (exact) mass is 1780 g/mol. The third-order valence-electron chi connectivity index (χ3n) is 25.8. The van der Waals surface area contributed by atoms with E-state index in [0.717, 1.165) is 99.7 Å². The number of hydrogen-bond donors (Lipinski definition) is 0. The summed E-state index contributed by atoms with van der Waals surface area (Å²) in [6, 6.07) is 86.0. The average molecular weight is 1780 g/mol. The zero-order chi connectivity index (χ0) is 107. The van der Waals surface area contributed by atoms with Crippen molar-refractivity contribution in [2.45, 2.75) is 295 Å². The Balaban J connectivity index is 1.15. The Labute approximate surface area is 823 Å². The van der Waals surface area contributed by atoms with Gasteiger partial charge in [0.05, 0.1) is 33.4 Å². The Kier molecular flexibility index (Phi) is 20.1. The first-order chi connectivity index (χ1) is 66.9. The van der Waals surface area contributed by atoms with Crippen LogP contribution in [0.15, 0.2) is 243 Å². The molecule has 0 bridgehead atoms. The van der Waals surface area contributed by atoms with Gasteiger partial charge in [-0.1, -0.05) is 362 Å². The maximum atomic E-state index is 10.8. The van der Waals surface area contributed by atoms with Gasteiger partial charge >= 0.3 is 0 Å². The van der Waals surface area contributed by atoms with Gasteiger partial charge < -0.3 is 18.9 Å². The summed E-state index contributed by atoms with van der Waals surface area (Å²) in [7, 11) is 0. The van der Waals surface area contributed by atoms with E-state index in [0.29, 0.717) is 95.7 Å². The molecule has 0 atom stereocenters. The van der Waals surface area contributed by atoms with Gasteiger partial charge in [0.25, 0.3) is 6.71 Å². The molecule has 0 fully saturated rings. The standard InChI is InChI=1S/C129H153BN4/c1-119(2,3)74-81-38-34-42-88(58-81)98-62-85(78-123(13,14)15)63-99(89-43-35-39-82(59-89)75-120(4,5)6)117(98)133-112-72-96(131-108-54-46-92(126(22,23)24)68-102(108)103-69-93(127(25,26)27)47-55-109(103)131)50-52-106(112)130-107-53-51-97(132-110-56-48-94(128(28,29)30)70-104(110)105-71-95(129(31,32)33)49-57-111(105)132)73-113(107)134(115-67-87(80-125(19,20)21)66-114(133)116(115)130)118-100(90-44-36-40-83(60-90)76-121(7,8)9)64-86(79-124(16,17)18)65-101(118)91-45-37-41-84(61-91)77-122(10,11)12/h34-73H,74-80H2,1-33H3/i74D2,75D2,76D2,77D2,78D2,79D2. The van der Waals surface area contributed by atoms with Gasteiger partial charge in [0.2, 0.25) is 0 Å². The van der Waals surface area contributed by atoms with Gasteiger partial charge in [0, 0.05) is 94.4 Å². The molecule has 4 nitrogen and oxygen atoms in total. The first kappa shape index (κ1) is 80.4. The Hall–Kier alpha value is -10.9. The van der Waals surface area contributed by atoms with Crippen molar-refractivity contribution in [1.82, 2.24) is 9.13 Å². The molecule has 0 spiro atoms. The average Bonchev–Trinajstić information content (AvgIpc) is 0.898.